The van der Waals surface area contributed by atoms with Crippen LogP contribution in [-0.4, -0.2) is 42.5 Å². The van der Waals surface area contributed by atoms with Crippen LogP contribution in [0.5, 0.6) is 5.75 Å². The van der Waals surface area contributed by atoms with Gasteiger partial charge in [-0.2, -0.15) is 0 Å². The number of rotatable bonds is 11. The number of unbranched alkanes of at least 4 members (excludes halogenated alkanes) is 2. The van der Waals surface area contributed by atoms with E-state index in [-0.39, 0.29) is 24.5 Å². The highest BCUT2D eigenvalue weighted by Gasteiger charge is 2.21. The monoisotopic (exact) mass is 398 g/mol. The molecule has 0 bridgehead atoms. The highest BCUT2D eigenvalue weighted by Crippen LogP contribution is 2.28. The number of carbonyl (C=O) groups is 2. The van der Waals surface area contributed by atoms with Gasteiger partial charge in [0, 0.05) is 19.1 Å². The lowest BCUT2D eigenvalue weighted by Gasteiger charge is -2.24. The Morgan fingerprint density at radius 3 is 2.14 bits per heavy atom. The van der Waals surface area contributed by atoms with Gasteiger partial charge in [-0.05, 0) is 49.6 Å². The second kappa shape index (κ2) is 11.4. The summed E-state index contributed by atoms with van der Waals surface area (Å²) in [5, 5.41) is 4.79. The zero-order valence-corrected chi connectivity index (χ0v) is 18.2. The molecule has 158 valence electrons. The van der Waals surface area contributed by atoms with Gasteiger partial charge in [0.2, 0.25) is 0 Å². The number of carbonyl (C=O) groups excluding carboxylic acids is 2. The number of fused-ring (bicyclic) bond motifs is 1. The van der Waals surface area contributed by atoms with Crippen molar-refractivity contribution in [3.8, 4) is 5.75 Å². The first-order chi connectivity index (χ1) is 14.0. The molecule has 5 heteroatoms. The van der Waals surface area contributed by atoms with Gasteiger partial charge >= 0.3 is 0 Å². The largest absolute Gasteiger partial charge is 0.483 e. The summed E-state index contributed by atoms with van der Waals surface area (Å²) in [6.45, 7) is 9.41. The second-order valence-corrected chi connectivity index (χ2v) is 7.71. The summed E-state index contributed by atoms with van der Waals surface area (Å²) >= 11 is 0. The third-order valence-electron chi connectivity index (χ3n) is 4.74. The fraction of sp³-hybridized carbons (Fsp3) is 0.500. The van der Waals surface area contributed by atoms with Crippen LogP contribution in [0.3, 0.4) is 0 Å². The predicted octanol–water partition coefficient (Wildman–Crippen LogP) is 4.79. The minimum absolute atomic E-state index is 0.0306. The molecule has 1 N–H and O–H groups in total. The Bertz CT molecular complexity index is 809. The number of nitrogens with one attached hydrogen (secondary N) is 1. The van der Waals surface area contributed by atoms with Crippen LogP contribution in [0.4, 0.5) is 0 Å². The average molecular weight is 399 g/mol. The molecule has 0 spiro atoms. The number of nitrogens with zero attached hydrogens (tertiary/aromatic N) is 1. The molecule has 29 heavy (non-hydrogen) atoms. The van der Waals surface area contributed by atoms with E-state index in [0.717, 1.165) is 49.5 Å². The molecule has 2 rings (SSSR count). The number of amides is 2. The average Bonchev–Trinajstić information content (AvgIpc) is 2.70. The fourth-order valence-electron chi connectivity index (χ4n) is 3.20. The summed E-state index contributed by atoms with van der Waals surface area (Å²) < 4.78 is 5.83. The van der Waals surface area contributed by atoms with Crippen molar-refractivity contribution in [3.63, 3.8) is 0 Å². The molecule has 0 saturated heterocycles. The summed E-state index contributed by atoms with van der Waals surface area (Å²) in [7, 11) is 0. The summed E-state index contributed by atoms with van der Waals surface area (Å²) in [5.41, 5.74) is 0.522. The summed E-state index contributed by atoms with van der Waals surface area (Å²) in [6.07, 6.45) is 4.00. The summed E-state index contributed by atoms with van der Waals surface area (Å²) in [5.74, 6) is 0.239. The van der Waals surface area contributed by atoms with Crippen LogP contribution in [0, 0.1) is 0 Å². The molecule has 0 saturated carbocycles. The van der Waals surface area contributed by atoms with E-state index in [4.69, 9.17) is 4.74 Å². The minimum Gasteiger partial charge on any atom is -0.483 e. The molecule has 0 aliphatic rings. The molecule has 2 amide bonds. The zero-order chi connectivity index (χ0) is 21.2. The van der Waals surface area contributed by atoms with Crippen molar-refractivity contribution in [2.75, 3.05) is 19.7 Å². The van der Waals surface area contributed by atoms with Crippen molar-refractivity contribution in [3.05, 3.63) is 42.0 Å². The van der Waals surface area contributed by atoms with Gasteiger partial charge < -0.3 is 15.0 Å². The topological polar surface area (TPSA) is 58.6 Å². The van der Waals surface area contributed by atoms with E-state index >= 15 is 0 Å². The van der Waals surface area contributed by atoms with E-state index in [1.807, 2.05) is 55.1 Å². The first-order valence-corrected chi connectivity index (χ1v) is 10.7. The Morgan fingerprint density at radius 2 is 1.59 bits per heavy atom. The van der Waals surface area contributed by atoms with Crippen LogP contribution in [0.2, 0.25) is 0 Å². The lowest BCUT2D eigenvalue weighted by Crippen LogP contribution is -2.35. The third-order valence-corrected chi connectivity index (χ3v) is 4.74. The van der Waals surface area contributed by atoms with Gasteiger partial charge in [0.05, 0.1) is 5.56 Å². The van der Waals surface area contributed by atoms with Crippen LogP contribution in [0.15, 0.2) is 36.4 Å². The molecule has 0 aliphatic heterocycles. The van der Waals surface area contributed by atoms with Gasteiger partial charge in [-0.1, -0.05) is 51.0 Å². The Labute approximate surface area is 174 Å². The maximum absolute atomic E-state index is 13.4. The van der Waals surface area contributed by atoms with E-state index in [2.05, 4.69) is 19.2 Å². The van der Waals surface area contributed by atoms with Crippen molar-refractivity contribution in [1.29, 1.82) is 0 Å². The fourth-order valence-corrected chi connectivity index (χ4v) is 3.20. The van der Waals surface area contributed by atoms with Crippen molar-refractivity contribution in [2.45, 2.75) is 59.4 Å². The smallest absolute Gasteiger partial charge is 0.258 e. The maximum atomic E-state index is 13.4. The van der Waals surface area contributed by atoms with Gasteiger partial charge in [0.1, 0.15) is 5.75 Å². The molecular formula is C24H34N2O3. The molecule has 0 fully saturated rings. The van der Waals surface area contributed by atoms with Gasteiger partial charge in [0.25, 0.3) is 11.8 Å². The Morgan fingerprint density at radius 1 is 1.00 bits per heavy atom. The van der Waals surface area contributed by atoms with Crippen LogP contribution in [0.1, 0.15) is 63.7 Å². The summed E-state index contributed by atoms with van der Waals surface area (Å²) in [6, 6.07) is 11.7. The van der Waals surface area contributed by atoms with Crippen molar-refractivity contribution in [1.82, 2.24) is 10.2 Å². The van der Waals surface area contributed by atoms with E-state index < -0.39 is 0 Å². The van der Waals surface area contributed by atoms with Crippen molar-refractivity contribution in [2.24, 2.45) is 0 Å². The van der Waals surface area contributed by atoms with Crippen molar-refractivity contribution < 1.29 is 14.3 Å². The lowest BCUT2D eigenvalue weighted by atomic mass is 10.0. The van der Waals surface area contributed by atoms with E-state index in [1.165, 1.54) is 0 Å². The first kappa shape index (κ1) is 22.7. The molecule has 0 radical (unpaired) electrons. The maximum Gasteiger partial charge on any atom is 0.258 e. The standard InChI is InChI=1S/C24H34N2O3/c1-5-7-13-26(14-8-6-2)24(28)21-15-19-11-9-10-12-20(19)16-22(21)29-17-23(27)25-18(3)4/h9-12,15-16,18H,5-8,13-14,17H2,1-4H3,(H,25,27). The third kappa shape index (κ3) is 6.77. The Balaban J connectivity index is 2.34. The molecule has 0 heterocycles. The van der Waals surface area contributed by atoms with Crippen LogP contribution >= 0.6 is 0 Å². The highest BCUT2D eigenvalue weighted by atomic mass is 16.5. The number of ether oxygens (including phenoxy) is 1. The Kier molecular flexibility index (Phi) is 8.97. The van der Waals surface area contributed by atoms with Crippen molar-refractivity contribution >= 4 is 22.6 Å². The number of hydrogen-bond acceptors (Lipinski definition) is 3. The minimum atomic E-state index is -0.194. The highest BCUT2D eigenvalue weighted by molar-refractivity contribution is 6.01. The van der Waals surface area contributed by atoms with E-state index in [9.17, 15) is 9.59 Å². The number of hydrogen-bond donors (Lipinski definition) is 1. The van der Waals surface area contributed by atoms with Gasteiger partial charge in [-0.3, -0.25) is 9.59 Å². The molecular weight excluding hydrogens is 364 g/mol. The molecule has 5 nitrogen and oxygen atoms in total. The quantitative estimate of drug-likeness (QED) is 0.592. The molecule has 0 unspecified atom stereocenters. The van der Waals surface area contributed by atoms with Gasteiger partial charge in [-0.15, -0.1) is 0 Å². The molecule has 0 atom stereocenters. The van der Waals surface area contributed by atoms with Crippen LogP contribution in [0.25, 0.3) is 10.8 Å². The molecule has 2 aromatic carbocycles. The molecule has 0 aromatic heterocycles. The van der Waals surface area contributed by atoms with Gasteiger partial charge in [0.15, 0.2) is 6.61 Å². The summed E-state index contributed by atoms with van der Waals surface area (Å²) in [4.78, 5) is 27.4. The van der Waals surface area contributed by atoms with Crippen LogP contribution < -0.4 is 10.1 Å². The van der Waals surface area contributed by atoms with E-state index in [1.54, 1.807) is 0 Å². The predicted molar refractivity (Wildman–Crippen MR) is 118 cm³/mol. The SMILES string of the molecule is CCCCN(CCCC)C(=O)c1cc2ccccc2cc1OCC(=O)NC(C)C. The normalized spacial score (nSPS) is 10.9. The zero-order valence-electron chi connectivity index (χ0n) is 18.2. The number of benzene rings is 2. The van der Waals surface area contributed by atoms with E-state index in [0.29, 0.717) is 11.3 Å². The van der Waals surface area contributed by atoms with Crippen LogP contribution in [-0.2, 0) is 4.79 Å². The second-order valence-electron chi connectivity index (χ2n) is 7.71. The van der Waals surface area contributed by atoms with Gasteiger partial charge in [-0.25, -0.2) is 0 Å². The molecule has 0 aliphatic carbocycles. The lowest BCUT2D eigenvalue weighted by molar-refractivity contribution is -0.123. The first-order valence-electron chi connectivity index (χ1n) is 10.7. The molecule has 2 aromatic rings. The Hall–Kier alpha value is -2.56.